The van der Waals surface area contributed by atoms with E-state index in [0.717, 1.165) is 30.3 Å². The van der Waals surface area contributed by atoms with Gasteiger partial charge in [0, 0.05) is 37.3 Å². The maximum atomic E-state index is 12.2. The van der Waals surface area contributed by atoms with Crippen LogP contribution in [0, 0.1) is 0 Å². The van der Waals surface area contributed by atoms with E-state index in [1.54, 1.807) is 7.05 Å². The van der Waals surface area contributed by atoms with Gasteiger partial charge in [-0.3, -0.25) is 9.36 Å². The van der Waals surface area contributed by atoms with Crippen LogP contribution >= 0.6 is 23.4 Å². The molecule has 0 saturated carbocycles. The molecule has 1 fully saturated rings. The van der Waals surface area contributed by atoms with Gasteiger partial charge in [-0.15, -0.1) is 0 Å². The van der Waals surface area contributed by atoms with E-state index in [1.165, 1.54) is 4.57 Å². The number of benzene rings is 1. The Labute approximate surface area is 120 Å². The number of fused-ring (bicyclic) bond motifs is 1. The van der Waals surface area contributed by atoms with E-state index in [9.17, 15) is 4.79 Å². The van der Waals surface area contributed by atoms with E-state index in [0.29, 0.717) is 10.9 Å². The molecule has 0 bridgehead atoms. The number of hydrogen-bond donors (Lipinski definition) is 0. The fraction of sp³-hybridized carbons (Fsp3) is 0.385. The summed E-state index contributed by atoms with van der Waals surface area (Å²) in [5, 5.41) is 0.849. The van der Waals surface area contributed by atoms with E-state index < -0.39 is 0 Å². The third-order valence-electron chi connectivity index (χ3n) is 3.38. The summed E-state index contributed by atoms with van der Waals surface area (Å²) in [4.78, 5) is 18.7. The fourth-order valence-corrected chi connectivity index (χ4v) is 3.32. The Kier molecular flexibility index (Phi) is 3.41. The minimum Gasteiger partial charge on any atom is -0.370 e. The molecule has 0 N–H and O–H groups in total. The molecule has 1 aromatic carbocycles. The van der Waals surface area contributed by atoms with Gasteiger partial charge >= 0.3 is 0 Å². The van der Waals surface area contributed by atoms with E-state index in [-0.39, 0.29) is 10.8 Å². The molecule has 0 radical (unpaired) electrons. The van der Waals surface area contributed by atoms with Crippen LogP contribution in [-0.2, 0) is 7.05 Å². The second-order valence-corrected chi connectivity index (χ2v) is 6.11. The first kappa shape index (κ1) is 12.8. The molecular formula is C13H14ClN3OS. The van der Waals surface area contributed by atoms with Crippen molar-refractivity contribution in [3.05, 3.63) is 33.8 Å². The lowest BCUT2D eigenvalue weighted by Gasteiger charge is -2.28. The Morgan fingerprint density at radius 1 is 1.32 bits per heavy atom. The summed E-state index contributed by atoms with van der Waals surface area (Å²) in [7, 11) is 1.64. The van der Waals surface area contributed by atoms with Crippen molar-refractivity contribution in [2.24, 2.45) is 7.05 Å². The van der Waals surface area contributed by atoms with E-state index in [2.05, 4.69) is 9.88 Å². The minimum absolute atomic E-state index is 0.0942. The Morgan fingerprint density at radius 3 is 2.79 bits per heavy atom. The molecule has 2 aromatic rings. The van der Waals surface area contributed by atoms with Gasteiger partial charge in [0.25, 0.3) is 5.56 Å². The first-order chi connectivity index (χ1) is 9.16. The first-order valence-electron chi connectivity index (χ1n) is 6.16. The zero-order chi connectivity index (χ0) is 13.4. The molecule has 0 amide bonds. The van der Waals surface area contributed by atoms with Crippen LogP contribution in [-0.4, -0.2) is 34.1 Å². The summed E-state index contributed by atoms with van der Waals surface area (Å²) in [6.07, 6.45) is 0. The van der Waals surface area contributed by atoms with Crippen molar-refractivity contribution in [1.29, 1.82) is 0 Å². The van der Waals surface area contributed by atoms with Crippen LogP contribution in [0.1, 0.15) is 0 Å². The molecule has 6 heteroatoms. The summed E-state index contributed by atoms with van der Waals surface area (Å²) in [5.41, 5.74) is 1.65. The van der Waals surface area contributed by atoms with Crippen molar-refractivity contribution in [2.75, 3.05) is 29.5 Å². The predicted octanol–water partition coefficient (Wildman–Crippen LogP) is 2.14. The van der Waals surface area contributed by atoms with Crippen LogP contribution < -0.4 is 10.5 Å². The van der Waals surface area contributed by atoms with Crippen molar-refractivity contribution in [2.45, 2.75) is 0 Å². The van der Waals surface area contributed by atoms with Crippen LogP contribution in [0.4, 0.5) is 5.69 Å². The maximum absolute atomic E-state index is 12.2. The normalized spacial score (nSPS) is 16.0. The molecular weight excluding hydrogens is 282 g/mol. The highest BCUT2D eigenvalue weighted by Crippen LogP contribution is 2.22. The van der Waals surface area contributed by atoms with Gasteiger partial charge in [0.05, 0.1) is 10.9 Å². The quantitative estimate of drug-likeness (QED) is 0.756. The van der Waals surface area contributed by atoms with Gasteiger partial charge in [-0.1, -0.05) is 0 Å². The molecule has 1 aliphatic rings. The second kappa shape index (κ2) is 5.06. The number of anilines is 1. The van der Waals surface area contributed by atoms with Crippen LogP contribution in [0.5, 0.6) is 0 Å². The van der Waals surface area contributed by atoms with Gasteiger partial charge in [-0.2, -0.15) is 11.8 Å². The number of hydrogen-bond acceptors (Lipinski definition) is 4. The third kappa shape index (κ3) is 2.32. The summed E-state index contributed by atoms with van der Waals surface area (Å²) < 4.78 is 1.37. The van der Waals surface area contributed by atoms with E-state index >= 15 is 0 Å². The van der Waals surface area contributed by atoms with Crippen LogP contribution in [0.2, 0.25) is 5.28 Å². The molecule has 0 unspecified atom stereocenters. The number of rotatable bonds is 1. The Bertz CT molecular complexity index is 679. The highest BCUT2D eigenvalue weighted by atomic mass is 35.5. The smallest absolute Gasteiger partial charge is 0.262 e. The van der Waals surface area contributed by atoms with Crippen LogP contribution in [0.3, 0.4) is 0 Å². The van der Waals surface area contributed by atoms with Gasteiger partial charge < -0.3 is 4.90 Å². The van der Waals surface area contributed by atoms with Crippen molar-refractivity contribution in [3.63, 3.8) is 0 Å². The average Bonchev–Trinajstić information content (AvgIpc) is 2.46. The van der Waals surface area contributed by atoms with E-state index in [1.807, 2.05) is 30.0 Å². The molecule has 1 aromatic heterocycles. The third-order valence-corrected chi connectivity index (χ3v) is 4.66. The minimum atomic E-state index is -0.0942. The zero-order valence-electron chi connectivity index (χ0n) is 10.6. The number of aromatic nitrogens is 2. The largest absolute Gasteiger partial charge is 0.370 e. The first-order valence-corrected chi connectivity index (χ1v) is 7.69. The molecule has 19 heavy (non-hydrogen) atoms. The zero-order valence-corrected chi connectivity index (χ0v) is 12.2. The lowest BCUT2D eigenvalue weighted by Crippen LogP contribution is -2.32. The SMILES string of the molecule is Cn1c(Cl)nc2ccc(N3CCSCC3)cc2c1=O. The van der Waals surface area contributed by atoms with Crippen molar-refractivity contribution < 1.29 is 0 Å². The molecule has 2 heterocycles. The summed E-state index contributed by atoms with van der Waals surface area (Å²) in [5.74, 6) is 2.27. The molecule has 1 saturated heterocycles. The Morgan fingerprint density at radius 2 is 2.05 bits per heavy atom. The summed E-state index contributed by atoms with van der Waals surface area (Å²) in [6, 6.07) is 5.82. The van der Waals surface area contributed by atoms with Gasteiger partial charge in [0.2, 0.25) is 5.28 Å². The Hall–Kier alpha value is -1.20. The molecule has 0 aliphatic carbocycles. The molecule has 100 valence electrons. The highest BCUT2D eigenvalue weighted by molar-refractivity contribution is 7.99. The van der Waals surface area contributed by atoms with Gasteiger partial charge in [-0.25, -0.2) is 4.98 Å². The Balaban J connectivity index is 2.12. The van der Waals surface area contributed by atoms with Crippen molar-refractivity contribution in [3.8, 4) is 0 Å². The number of nitrogens with zero attached hydrogens (tertiary/aromatic N) is 3. The maximum Gasteiger partial charge on any atom is 0.262 e. The van der Waals surface area contributed by atoms with E-state index in [4.69, 9.17) is 11.6 Å². The van der Waals surface area contributed by atoms with Crippen molar-refractivity contribution in [1.82, 2.24) is 9.55 Å². The molecule has 0 spiro atoms. The molecule has 1 aliphatic heterocycles. The molecule has 0 atom stereocenters. The molecule has 4 nitrogen and oxygen atoms in total. The second-order valence-electron chi connectivity index (χ2n) is 4.55. The number of thioether (sulfide) groups is 1. The van der Waals surface area contributed by atoms with Crippen molar-refractivity contribution >= 4 is 40.0 Å². The average molecular weight is 296 g/mol. The lowest BCUT2D eigenvalue weighted by atomic mass is 10.2. The topological polar surface area (TPSA) is 38.1 Å². The van der Waals surface area contributed by atoms with Gasteiger partial charge in [-0.05, 0) is 29.8 Å². The summed E-state index contributed by atoms with van der Waals surface area (Å²) >= 11 is 7.89. The summed E-state index contributed by atoms with van der Waals surface area (Å²) in [6.45, 7) is 2.05. The van der Waals surface area contributed by atoms with Crippen LogP contribution in [0.15, 0.2) is 23.0 Å². The standard InChI is InChI=1S/C13H14ClN3OS/c1-16-12(18)10-8-9(17-4-6-19-7-5-17)2-3-11(10)15-13(16)14/h2-3,8H,4-7H2,1H3. The highest BCUT2D eigenvalue weighted by Gasteiger charge is 2.13. The molecule has 3 rings (SSSR count). The van der Waals surface area contributed by atoms with Gasteiger partial charge in [0.1, 0.15) is 0 Å². The predicted molar refractivity (Wildman–Crippen MR) is 81.5 cm³/mol. The number of halogens is 1. The lowest BCUT2D eigenvalue weighted by molar-refractivity contribution is 0.841. The monoisotopic (exact) mass is 295 g/mol. The van der Waals surface area contributed by atoms with Crippen LogP contribution in [0.25, 0.3) is 10.9 Å². The fourth-order valence-electron chi connectivity index (χ4n) is 2.25. The van der Waals surface area contributed by atoms with Gasteiger partial charge in [0.15, 0.2) is 0 Å².